The molecule has 1 aromatic heterocycles. The summed E-state index contributed by atoms with van der Waals surface area (Å²) >= 11 is 4.89. The van der Waals surface area contributed by atoms with Crippen LogP contribution in [0.25, 0.3) is 6.08 Å². The molecule has 0 saturated carbocycles. The number of hydrogen-bond acceptors (Lipinski definition) is 6. The molecule has 0 aliphatic carbocycles. The van der Waals surface area contributed by atoms with Crippen LogP contribution in [-0.2, 0) is 17.8 Å². The summed E-state index contributed by atoms with van der Waals surface area (Å²) in [5.41, 5.74) is 1.85. The van der Waals surface area contributed by atoms with Crippen LogP contribution >= 0.6 is 27.3 Å². The number of methoxy groups -OCH3 is 1. The number of carbonyl (C=O) groups is 1. The summed E-state index contributed by atoms with van der Waals surface area (Å²) in [6, 6.07) is 13.6. The maximum absolute atomic E-state index is 12.1. The Kier molecular flexibility index (Phi) is 7.37. The molecule has 0 aliphatic heterocycles. The maximum Gasteiger partial charge on any atom is 0.250 e. The van der Waals surface area contributed by atoms with Gasteiger partial charge in [0.2, 0.25) is 11.0 Å². The van der Waals surface area contributed by atoms with Gasteiger partial charge in [0.25, 0.3) is 0 Å². The van der Waals surface area contributed by atoms with Gasteiger partial charge in [-0.2, -0.15) is 0 Å². The van der Waals surface area contributed by atoms with E-state index >= 15 is 0 Å². The highest BCUT2D eigenvalue weighted by molar-refractivity contribution is 9.10. The number of aromatic nitrogens is 2. The van der Waals surface area contributed by atoms with Gasteiger partial charge < -0.3 is 9.47 Å². The van der Waals surface area contributed by atoms with E-state index in [0.717, 1.165) is 27.0 Å². The van der Waals surface area contributed by atoms with Crippen molar-refractivity contribution in [3.8, 4) is 11.5 Å². The predicted octanol–water partition coefficient (Wildman–Crippen LogP) is 5.10. The summed E-state index contributed by atoms with van der Waals surface area (Å²) in [6.45, 7) is 2.42. The molecule has 0 bridgehead atoms. The first-order valence-electron chi connectivity index (χ1n) is 8.94. The molecule has 8 heteroatoms. The average Bonchev–Trinajstić information content (AvgIpc) is 3.19. The summed E-state index contributed by atoms with van der Waals surface area (Å²) in [6.07, 6.45) is 3.93. The van der Waals surface area contributed by atoms with Gasteiger partial charge >= 0.3 is 0 Å². The molecule has 0 unspecified atom stereocenters. The molecule has 0 fully saturated rings. The van der Waals surface area contributed by atoms with Gasteiger partial charge in [-0.1, -0.05) is 48.6 Å². The molecule has 1 heterocycles. The quantitative estimate of drug-likeness (QED) is 0.460. The lowest BCUT2D eigenvalue weighted by Crippen LogP contribution is -2.07. The highest BCUT2D eigenvalue weighted by atomic mass is 79.9. The number of halogens is 1. The number of aryl methyl sites for hydroxylation is 1. The fourth-order valence-electron chi connectivity index (χ4n) is 2.47. The molecule has 1 N–H and O–H groups in total. The number of rotatable bonds is 8. The van der Waals surface area contributed by atoms with Gasteiger partial charge in [0.15, 0.2) is 11.5 Å². The van der Waals surface area contributed by atoms with Gasteiger partial charge in [-0.15, -0.1) is 10.2 Å². The molecular weight excluding hydrogens is 454 g/mol. The minimum Gasteiger partial charge on any atom is -0.493 e. The van der Waals surface area contributed by atoms with E-state index in [1.807, 2.05) is 49.4 Å². The standard InChI is InChI=1S/C21H20BrN3O3S/c1-3-19-24-25-21(29-19)23-18(26)10-9-15-11-16(22)20(17(12-15)27-2)28-13-14-7-5-4-6-8-14/h4-12H,3,13H2,1-2H3,(H,23,25,26)/b10-9+. The van der Waals surface area contributed by atoms with Crippen LogP contribution in [-0.4, -0.2) is 23.2 Å². The van der Waals surface area contributed by atoms with Gasteiger partial charge in [-0.25, -0.2) is 0 Å². The lowest BCUT2D eigenvalue weighted by molar-refractivity contribution is -0.111. The molecular formula is C21H20BrN3O3S. The third-order valence-electron chi connectivity index (χ3n) is 3.90. The Hall–Kier alpha value is -2.71. The third-order valence-corrected chi connectivity index (χ3v) is 5.48. The summed E-state index contributed by atoms with van der Waals surface area (Å²) < 4.78 is 12.1. The van der Waals surface area contributed by atoms with E-state index in [1.54, 1.807) is 13.2 Å². The van der Waals surface area contributed by atoms with E-state index in [-0.39, 0.29) is 5.91 Å². The predicted molar refractivity (Wildman–Crippen MR) is 118 cm³/mol. The number of nitrogens with one attached hydrogen (secondary N) is 1. The Balaban J connectivity index is 1.68. The van der Waals surface area contributed by atoms with Crippen molar-refractivity contribution in [2.75, 3.05) is 12.4 Å². The second-order valence-corrected chi connectivity index (χ2v) is 7.90. The highest BCUT2D eigenvalue weighted by Crippen LogP contribution is 2.37. The van der Waals surface area contributed by atoms with Gasteiger partial charge in [-0.3, -0.25) is 10.1 Å². The number of ether oxygens (including phenoxy) is 2. The molecule has 0 aliphatic rings. The van der Waals surface area contributed by atoms with Crippen LogP contribution < -0.4 is 14.8 Å². The zero-order valence-corrected chi connectivity index (χ0v) is 18.4. The topological polar surface area (TPSA) is 73.3 Å². The van der Waals surface area contributed by atoms with E-state index in [9.17, 15) is 4.79 Å². The van der Waals surface area contributed by atoms with E-state index < -0.39 is 0 Å². The van der Waals surface area contributed by atoms with Crippen molar-refractivity contribution < 1.29 is 14.3 Å². The van der Waals surface area contributed by atoms with Crippen LogP contribution in [0.15, 0.2) is 53.0 Å². The smallest absolute Gasteiger partial charge is 0.250 e. The van der Waals surface area contributed by atoms with Crippen molar-refractivity contribution in [2.24, 2.45) is 0 Å². The molecule has 6 nitrogen and oxygen atoms in total. The largest absolute Gasteiger partial charge is 0.493 e. The zero-order valence-electron chi connectivity index (χ0n) is 16.0. The monoisotopic (exact) mass is 473 g/mol. The molecule has 2 aromatic carbocycles. The Morgan fingerprint density at radius 1 is 1.24 bits per heavy atom. The maximum atomic E-state index is 12.1. The van der Waals surface area contributed by atoms with Crippen molar-refractivity contribution >= 4 is 44.4 Å². The minimum atomic E-state index is -0.275. The van der Waals surface area contributed by atoms with Crippen LogP contribution in [0, 0.1) is 0 Å². The van der Waals surface area contributed by atoms with Crippen molar-refractivity contribution in [1.82, 2.24) is 10.2 Å². The van der Waals surface area contributed by atoms with Crippen molar-refractivity contribution in [2.45, 2.75) is 20.0 Å². The molecule has 3 aromatic rings. The molecule has 150 valence electrons. The van der Waals surface area contributed by atoms with Gasteiger partial charge in [0.1, 0.15) is 11.6 Å². The fraction of sp³-hybridized carbons (Fsp3) is 0.190. The average molecular weight is 474 g/mol. The highest BCUT2D eigenvalue weighted by Gasteiger charge is 2.12. The van der Waals surface area contributed by atoms with Crippen molar-refractivity contribution in [1.29, 1.82) is 0 Å². The van der Waals surface area contributed by atoms with Gasteiger partial charge in [-0.05, 0) is 51.7 Å². The lowest BCUT2D eigenvalue weighted by Gasteiger charge is -2.13. The first kappa shape index (κ1) is 21.0. The number of amides is 1. The zero-order chi connectivity index (χ0) is 20.6. The second kappa shape index (κ2) is 10.2. The van der Waals surface area contributed by atoms with Gasteiger partial charge in [0, 0.05) is 6.08 Å². The van der Waals surface area contributed by atoms with E-state index in [1.165, 1.54) is 17.4 Å². The first-order valence-corrected chi connectivity index (χ1v) is 10.6. The number of hydrogen-bond donors (Lipinski definition) is 1. The summed E-state index contributed by atoms with van der Waals surface area (Å²) in [4.78, 5) is 12.1. The fourth-order valence-corrected chi connectivity index (χ4v) is 3.73. The number of benzene rings is 2. The Morgan fingerprint density at radius 2 is 2.03 bits per heavy atom. The Labute approximate surface area is 181 Å². The summed E-state index contributed by atoms with van der Waals surface area (Å²) in [5, 5.41) is 12.0. The van der Waals surface area contributed by atoms with Crippen LogP contribution in [0.4, 0.5) is 5.13 Å². The molecule has 0 atom stereocenters. The molecule has 1 amide bonds. The van der Waals surface area contributed by atoms with Crippen LogP contribution in [0.5, 0.6) is 11.5 Å². The van der Waals surface area contributed by atoms with Crippen LogP contribution in [0.3, 0.4) is 0 Å². The first-order chi connectivity index (χ1) is 14.1. The van der Waals surface area contributed by atoms with Crippen molar-refractivity contribution in [3.63, 3.8) is 0 Å². The summed E-state index contributed by atoms with van der Waals surface area (Å²) in [5.74, 6) is 0.911. The minimum absolute atomic E-state index is 0.275. The van der Waals surface area contributed by atoms with E-state index in [0.29, 0.717) is 23.2 Å². The van der Waals surface area contributed by atoms with E-state index in [4.69, 9.17) is 9.47 Å². The van der Waals surface area contributed by atoms with E-state index in [2.05, 4.69) is 31.4 Å². The normalized spacial score (nSPS) is 10.9. The Bertz CT molecular complexity index is 1010. The molecule has 0 spiro atoms. The number of nitrogens with zero attached hydrogens (tertiary/aromatic N) is 2. The Morgan fingerprint density at radius 3 is 2.72 bits per heavy atom. The van der Waals surface area contributed by atoms with Crippen LogP contribution in [0.2, 0.25) is 0 Å². The molecule has 0 saturated heterocycles. The molecule has 29 heavy (non-hydrogen) atoms. The van der Waals surface area contributed by atoms with Crippen LogP contribution in [0.1, 0.15) is 23.1 Å². The summed E-state index contributed by atoms with van der Waals surface area (Å²) in [7, 11) is 1.58. The lowest BCUT2D eigenvalue weighted by atomic mass is 10.2. The van der Waals surface area contributed by atoms with Crippen molar-refractivity contribution in [3.05, 3.63) is 69.1 Å². The van der Waals surface area contributed by atoms with Gasteiger partial charge in [0.05, 0.1) is 11.6 Å². The molecule has 0 radical (unpaired) electrons. The number of anilines is 1. The molecule has 3 rings (SSSR count). The third kappa shape index (κ3) is 5.88. The SMILES string of the molecule is CCc1nnc(NC(=O)/C=C/c2cc(Br)c(OCc3ccccc3)c(OC)c2)s1. The second-order valence-electron chi connectivity index (χ2n) is 5.99. The number of carbonyl (C=O) groups excluding carboxylic acids is 1.